The number of fused-ring (bicyclic) bond motifs is 1. The van der Waals surface area contributed by atoms with Crippen LogP contribution in [0.2, 0.25) is 0 Å². The molecule has 2 heterocycles. The lowest BCUT2D eigenvalue weighted by atomic mass is 10.0. The van der Waals surface area contributed by atoms with Crippen LogP contribution in [0.15, 0.2) is 24.4 Å². The van der Waals surface area contributed by atoms with E-state index in [2.05, 4.69) is 29.4 Å². The van der Waals surface area contributed by atoms with Gasteiger partial charge in [-0.15, -0.1) is 0 Å². The molecule has 1 aliphatic heterocycles. The molecule has 2 aromatic rings. The van der Waals surface area contributed by atoms with Crippen molar-refractivity contribution in [2.45, 2.75) is 38.8 Å². The van der Waals surface area contributed by atoms with Crippen molar-refractivity contribution in [2.75, 3.05) is 13.1 Å². The minimum absolute atomic E-state index is 0.116. The lowest BCUT2D eigenvalue weighted by molar-refractivity contribution is 0.0705. The van der Waals surface area contributed by atoms with Gasteiger partial charge >= 0.3 is 0 Å². The first-order chi connectivity index (χ1) is 10.1. The third-order valence-corrected chi connectivity index (χ3v) is 4.07. The molecule has 0 aliphatic carbocycles. The number of likely N-dealkylation sites (tertiary alicyclic amines) is 1. The zero-order valence-corrected chi connectivity index (χ0v) is 12.6. The van der Waals surface area contributed by atoms with E-state index in [-0.39, 0.29) is 5.91 Å². The molecule has 0 unspecified atom stereocenters. The summed E-state index contributed by atoms with van der Waals surface area (Å²) in [4.78, 5) is 14.7. The molecule has 21 heavy (non-hydrogen) atoms. The van der Waals surface area contributed by atoms with Gasteiger partial charge in [0.25, 0.3) is 5.91 Å². The third kappa shape index (κ3) is 2.93. The average Bonchev–Trinajstić information content (AvgIpc) is 2.95. The summed E-state index contributed by atoms with van der Waals surface area (Å²) in [6, 6.07) is 6.76. The number of hydrogen-bond acceptors (Lipinski definition) is 3. The lowest BCUT2D eigenvalue weighted by Gasteiger charge is -2.33. The van der Waals surface area contributed by atoms with Gasteiger partial charge in [-0.05, 0) is 25.0 Å². The SMILES string of the molecule is CC(C)NC1CCN(C(=O)c2cccc3[nH]ncc23)CC1. The van der Waals surface area contributed by atoms with Gasteiger partial charge in [0.1, 0.15) is 0 Å². The van der Waals surface area contributed by atoms with E-state index < -0.39 is 0 Å². The fourth-order valence-electron chi connectivity index (χ4n) is 3.05. The normalized spacial score (nSPS) is 16.8. The highest BCUT2D eigenvalue weighted by Crippen LogP contribution is 2.20. The van der Waals surface area contributed by atoms with Gasteiger partial charge in [-0.25, -0.2) is 0 Å². The molecule has 1 saturated heterocycles. The highest BCUT2D eigenvalue weighted by atomic mass is 16.2. The summed E-state index contributed by atoms with van der Waals surface area (Å²) >= 11 is 0. The molecule has 5 nitrogen and oxygen atoms in total. The maximum Gasteiger partial charge on any atom is 0.254 e. The molecule has 1 fully saturated rings. The van der Waals surface area contributed by atoms with Crippen LogP contribution >= 0.6 is 0 Å². The van der Waals surface area contributed by atoms with E-state index in [4.69, 9.17) is 0 Å². The van der Waals surface area contributed by atoms with Crippen LogP contribution in [0.4, 0.5) is 0 Å². The molecular weight excluding hydrogens is 264 g/mol. The van der Waals surface area contributed by atoms with Crippen molar-refractivity contribution in [3.63, 3.8) is 0 Å². The van der Waals surface area contributed by atoms with Crippen LogP contribution < -0.4 is 5.32 Å². The summed E-state index contributed by atoms with van der Waals surface area (Å²) in [6.07, 6.45) is 3.77. The smallest absolute Gasteiger partial charge is 0.254 e. The molecule has 5 heteroatoms. The second-order valence-electron chi connectivity index (χ2n) is 6.02. The molecule has 2 N–H and O–H groups in total. The maximum absolute atomic E-state index is 12.7. The molecule has 0 bridgehead atoms. The summed E-state index contributed by atoms with van der Waals surface area (Å²) in [5, 5.41) is 11.4. The quantitative estimate of drug-likeness (QED) is 0.909. The Morgan fingerprint density at radius 2 is 2.14 bits per heavy atom. The van der Waals surface area contributed by atoms with Crippen molar-refractivity contribution in [3.05, 3.63) is 30.0 Å². The Morgan fingerprint density at radius 3 is 2.86 bits per heavy atom. The van der Waals surface area contributed by atoms with Gasteiger partial charge in [-0.1, -0.05) is 19.9 Å². The first-order valence-electron chi connectivity index (χ1n) is 7.62. The minimum Gasteiger partial charge on any atom is -0.339 e. The number of carbonyl (C=O) groups is 1. The van der Waals surface area contributed by atoms with E-state index in [9.17, 15) is 4.79 Å². The van der Waals surface area contributed by atoms with Crippen molar-refractivity contribution < 1.29 is 4.79 Å². The number of aromatic amines is 1. The van der Waals surface area contributed by atoms with E-state index in [1.807, 2.05) is 23.1 Å². The van der Waals surface area contributed by atoms with E-state index in [0.29, 0.717) is 12.1 Å². The summed E-state index contributed by atoms with van der Waals surface area (Å²) < 4.78 is 0. The number of nitrogens with zero attached hydrogens (tertiary/aromatic N) is 2. The summed E-state index contributed by atoms with van der Waals surface area (Å²) in [7, 11) is 0. The van der Waals surface area contributed by atoms with Crippen LogP contribution in [-0.2, 0) is 0 Å². The summed E-state index contributed by atoms with van der Waals surface area (Å²) in [5.41, 5.74) is 1.66. The van der Waals surface area contributed by atoms with E-state index in [1.54, 1.807) is 6.20 Å². The molecular formula is C16H22N4O. The number of carbonyl (C=O) groups excluding carboxylic acids is 1. The van der Waals surface area contributed by atoms with Crippen LogP contribution in [0.5, 0.6) is 0 Å². The second kappa shape index (κ2) is 5.85. The number of aromatic nitrogens is 2. The molecule has 0 spiro atoms. The molecule has 112 valence electrons. The Bertz CT molecular complexity index is 626. The van der Waals surface area contributed by atoms with Gasteiger partial charge in [-0.3, -0.25) is 9.89 Å². The number of rotatable bonds is 3. The Labute approximate surface area is 124 Å². The number of H-pyrrole nitrogens is 1. The Kier molecular flexibility index (Phi) is 3.92. The number of benzene rings is 1. The predicted molar refractivity (Wildman–Crippen MR) is 83.3 cm³/mol. The van der Waals surface area contributed by atoms with Crippen LogP contribution in [0.25, 0.3) is 10.9 Å². The van der Waals surface area contributed by atoms with Gasteiger partial charge in [0, 0.05) is 30.6 Å². The van der Waals surface area contributed by atoms with Crippen LogP contribution in [0.3, 0.4) is 0 Å². The maximum atomic E-state index is 12.7. The zero-order valence-electron chi connectivity index (χ0n) is 12.6. The third-order valence-electron chi connectivity index (χ3n) is 4.07. The van der Waals surface area contributed by atoms with Gasteiger partial charge in [0.05, 0.1) is 17.3 Å². The van der Waals surface area contributed by atoms with Crippen molar-refractivity contribution >= 4 is 16.8 Å². The first-order valence-corrected chi connectivity index (χ1v) is 7.62. The van der Waals surface area contributed by atoms with Crippen molar-refractivity contribution in [1.82, 2.24) is 20.4 Å². The van der Waals surface area contributed by atoms with Gasteiger partial charge in [0.2, 0.25) is 0 Å². The number of nitrogens with one attached hydrogen (secondary N) is 2. The molecule has 3 rings (SSSR count). The largest absolute Gasteiger partial charge is 0.339 e. The highest BCUT2D eigenvalue weighted by molar-refractivity contribution is 6.06. The second-order valence-corrected chi connectivity index (χ2v) is 6.02. The topological polar surface area (TPSA) is 61.0 Å². The Morgan fingerprint density at radius 1 is 1.38 bits per heavy atom. The fraction of sp³-hybridized carbons (Fsp3) is 0.500. The van der Waals surface area contributed by atoms with Gasteiger partial charge in [0.15, 0.2) is 0 Å². The molecule has 1 aromatic carbocycles. The van der Waals surface area contributed by atoms with Crippen LogP contribution in [0.1, 0.15) is 37.0 Å². The van der Waals surface area contributed by atoms with Crippen molar-refractivity contribution in [2.24, 2.45) is 0 Å². The predicted octanol–water partition coefficient (Wildman–Crippen LogP) is 2.17. The molecule has 1 amide bonds. The average molecular weight is 286 g/mol. The minimum atomic E-state index is 0.116. The van der Waals surface area contributed by atoms with E-state index in [0.717, 1.165) is 42.4 Å². The van der Waals surface area contributed by atoms with Gasteiger partial charge < -0.3 is 10.2 Å². The molecule has 0 saturated carbocycles. The Balaban J connectivity index is 1.71. The Hall–Kier alpha value is -1.88. The van der Waals surface area contributed by atoms with E-state index >= 15 is 0 Å². The van der Waals surface area contributed by atoms with E-state index in [1.165, 1.54) is 0 Å². The van der Waals surface area contributed by atoms with Gasteiger partial charge in [-0.2, -0.15) is 5.10 Å². The lowest BCUT2D eigenvalue weighted by Crippen LogP contribution is -2.46. The summed E-state index contributed by atoms with van der Waals surface area (Å²) in [5.74, 6) is 0.116. The van der Waals surface area contributed by atoms with Crippen LogP contribution in [-0.4, -0.2) is 46.2 Å². The monoisotopic (exact) mass is 286 g/mol. The highest BCUT2D eigenvalue weighted by Gasteiger charge is 2.24. The van der Waals surface area contributed by atoms with Crippen LogP contribution in [0, 0.1) is 0 Å². The molecule has 1 aliphatic rings. The standard InChI is InChI=1S/C16H22N4O/c1-11(2)18-12-6-8-20(9-7-12)16(21)13-4-3-5-15-14(13)10-17-19-15/h3-5,10-12,18H,6-9H2,1-2H3,(H,17,19). The molecule has 1 aromatic heterocycles. The van der Waals surface area contributed by atoms with Crippen molar-refractivity contribution in [1.29, 1.82) is 0 Å². The first kappa shape index (κ1) is 14.1. The zero-order chi connectivity index (χ0) is 14.8. The molecule has 0 radical (unpaired) electrons. The van der Waals surface area contributed by atoms with Crippen molar-refractivity contribution in [3.8, 4) is 0 Å². The number of piperidine rings is 1. The molecule has 0 atom stereocenters. The fourth-order valence-corrected chi connectivity index (χ4v) is 3.05. The number of hydrogen-bond donors (Lipinski definition) is 2. The summed E-state index contributed by atoms with van der Waals surface area (Å²) in [6.45, 7) is 5.96. The number of amides is 1.